The minimum absolute atomic E-state index is 0.0702. The first-order valence-corrected chi connectivity index (χ1v) is 7.47. The van der Waals surface area contributed by atoms with Gasteiger partial charge in [0.2, 0.25) is 0 Å². The number of rotatable bonds is 2. The van der Waals surface area contributed by atoms with Crippen LogP contribution in [-0.2, 0) is 0 Å². The van der Waals surface area contributed by atoms with E-state index in [-0.39, 0.29) is 11.5 Å². The summed E-state index contributed by atoms with van der Waals surface area (Å²) in [6.45, 7) is 0. The standard InChI is InChI=1S/C17H10BrN3O2/c18-12-4-2-1-3-11(12)16(22)8-15-17(23)21-13-6-5-10(9-19)7-14(13)20-15/h1-8,22H,(H,21,23). The molecule has 2 N–H and O–H groups in total. The second kappa shape index (κ2) is 6.07. The van der Waals surface area contributed by atoms with Crippen molar-refractivity contribution in [1.82, 2.24) is 9.97 Å². The molecule has 0 saturated heterocycles. The Bertz CT molecular complexity index is 1030. The predicted molar refractivity (Wildman–Crippen MR) is 91.7 cm³/mol. The number of nitrogens with zero attached hydrogens (tertiary/aromatic N) is 2. The number of halogens is 1. The van der Waals surface area contributed by atoms with E-state index in [1.807, 2.05) is 12.1 Å². The van der Waals surface area contributed by atoms with Crippen LogP contribution in [0.4, 0.5) is 0 Å². The maximum absolute atomic E-state index is 12.1. The molecular formula is C17H10BrN3O2. The molecule has 3 rings (SSSR count). The van der Waals surface area contributed by atoms with Gasteiger partial charge in [0.25, 0.3) is 5.56 Å². The van der Waals surface area contributed by atoms with Crippen molar-refractivity contribution >= 4 is 38.8 Å². The van der Waals surface area contributed by atoms with Crippen LogP contribution < -0.4 is 5.56 Å². The summed E-state index contributed by atoms with van der Waals surface area (Å²) >= 11 is 3.34. The minimum Gasteiger partial charge on any atom is -0.507 e. The summed E-state index contributed by atoms with van der Waals surface area (Å²) in [4.78, 5) is 19.0. The third-order valence-corrected chi connectivity index (χ3v) is 3.96. The number of aliphatic hydroxyl groups excluding tert-OH is 1. The molecule has 0 radical (unpaired) electrons. The molecule has 0 aliphatic carbocycles. The van der Waals surface area contributed by atoms with Crippen LogP contribution in [0.5, 0.6) is 0 Å². The van der Waals surface area contributed by atoms with E-state index in [1.54, 1.807) is 36.4 Å². The summed E-state index contributed by atoms with van der Waals surface area (Å²) in [5.41, 5.74) is 1.67. The van der Waals surface area contributed by atoms with Gasteiger partial charge in [0, 0.05) is 16.1 Å². The summed E-state index contributed by atoms with van der Waals surface area (Å²) in [5, 5.41) is 19.2. The van der Waals surface area contributed by atoms with Gasteiger partial charge < -0.3 is 10.1 Å². The quantitative estimate of drug-likeness (QED) is 0.676. The number of hydrogen-bond acceptors (Lipinski definition) is 4. The largest absolute Gasteiger partial charge is 0.507 e. The van der Waals surface area contributed by atoms with Gasteiger partial charge in [-0.05, 0) is 24.3 Å². The molecule has 1 heterocycles. The highest BCUT2D eigenvalue weighted by Crippen LogP contribution is 2.23. The van der Waals surface area contributed by atoms with Crippen molar-refractivity contribution < 1.29 is 5.11 Å². The summed E-state index contributed by atoms with van der Waals surface area (Å²) in [5.74, 6) is -0.0775. The maximum Gasteiger partial charge on any atom is 0.274 e. The maximum atomic E-state index is 12.1. The highest BCUT2D eigenvalue weighted by molar-refractivity contribution is 9.10. The highest BCUT2D eigenvalue weighted by Gasteiger charge is 2.08. The molecule has 0 spiro atoms. The Morgan fingerprint density at radius 2 is 2.09 bits per heavy atom. The molecule has 0 saturated carbocycles. The highest BCUT2D eigenvalue weighted by atomic mass is 79.9. The lowest BCUT2D eigenvalue weighted by Crippen LogP contribution is -2.12. The summed E-state index contributed by atoms with van der Waals surface area (Å²) in [6, 6.07) is 14.0. The second-order valence-corrected chi connectivity index (χ2v) is 5.66. The number of nitriles is 1. The molecule has 0 atom stereocenters. The molecule has 0 unspecified atom stereocenters. The van der Waals surface area contributed by atoms with Crippen LogP contribution >= 0.6 is 15.9 Å². The van der Waals surface area contributed by atoms with Crippen LogP contribution in [0.15, 0.2) is 51.7 Å². The van der Waals surface area contributed by atoms with Gasteiger partial charge in [-0.1, -0.05) is 34.1 Å². The van der Waals surface area contributed by atoms with E-state index in [0.717, 1.165) is 0 Å². The number of benzene rings is 2. The Balaban J connectivity index is 2.14. The molecule has 3 aromatic rings. The Hall–Kier alpha value is -2.91. The Kier molecular flexibility index (Phi) is 3.96. The van der Waals surface area contributed by atoms with E-state index >= 15 is 0 Å². The van der Waals surface area contributed by atoms with Crippen LogP contribution in [0.1, 0.15) is 16.8 Å². The minimum atomic E-state index is -0.416. The van der Waals surface area contributed by atoms with Crippen LogP contribution in [0.25, 0.3) is 22.9 Å². The van der Waals surface area contributed by atoms with Crippen molar-refractivity contribution in [3.63, 3.8) is 0 Å². The first kappa shape index (κ1) is 15.0. The number of hydrogen-bond donors (Lipinski definition) is 2. The van der Waals surface area contributed by atoms with Crippen LogP contribution in [0.2, 0.25) is 0 Å². The Morgan fingerprint density at radius 3 is 2.83 bits per heavy atom. The predicted octanol–water partition coefficient (Wildman–Crippen LogP) is 3.61. The molecule has 0 bridgehead atoms. The van der Waals surface area contributed by atoms with E-state index in [4.69, 9.17) is 5.26 Å². The Morgan fingerprint density at radius 1 is 1.30 bits per heavy atom. The fourth-order valence-electron chi connectivity index (χ4n) is 2.14. The average molecular weight is 368 g/mol. The third-order valence-electron chi connectivity index (χ3n) is 3.27. The van der Waals surface area contributed by atoms with Gasteiger partial charge in [0.05, 0.1) is 22.7 Å². The molecule has 112 valence electrons. The first-order valence-electron chi connectivity index (χ1n) is 6.68. The topological polar surface area (TPSA) is 89.8 Å². The van der Waals surface area contributed by atoms with E-state index in [2.05, 4.69) is 25.9 Å². The number of aliphatic hydroxyl groups is 1. The van der Waals surface area contributed by atoms with E-state index in [0.29, 0.717) is 26.6 Å². The molecule has 6 heteroatoms. The molecule has 0 amide bonds. The first-order chi connectivity index (χ1) is 11.1. The van der Waals surface area contributed by atoms with Crippen molar-refractivity contribution in [3.8, 4) is 6.07 Å². The third kappa shape index (κ3) is 3.00. The zero-order chi connectivity index (χ0) is 16.4. The number of H-pyrrole nitrogens is 1. The molecule has 0 aliphatic heterocycles. The smallest absolute Gasteiger partial charge is 0.274 e. The summed E-state index contributed by atoms with van der Waals surface area (Å²) < 4.78 is 0.706. The zero-order valence-corrected chi connectivity index (χ0v) is 13.3. The van der Waals surface area contributed by atoms with Gasteiger partial charge in [0.15, 0.2) is 0 Å². The van der Waals surface area contributed by atoms with Crippen molar-refractivity contribution in [3.05, 3.63) is 74.1 Å². The van der Waals surface area contributed by atoms with Crippen LogP contribution in [0, 0.1) is 11.3 Å². The second-order valence-electron chi connectivity index (χ2n) is 4.80. The molecule has 5 nitrogen and oxygen atoms in total. The molecule has 1 aromatic heterocycles. The SMILES string of the molecule is N#Cc1ccc2[nH]c(=O)c(C=C(O)c3ccccc3Br)nc2c1. The molecule has 0 fully saturated rings. The Labute approximate surface area is 139 Å². The normalized spacial score (nSPS) is 11.4. The van der Waals surface area contributed by atoms with Crippen LogP contribution in [0.3, 0.4) is 0 Å². The van der Waals surface area contributed by atoms with E-state index < -0.39 is 5.56 Å². The molecule has 23 heavy (non-hydrogen) atoms. The number of aromatic amines is 1. The van der Waals surface area contributed by atoms with Crippen molar-refractivity contribution in [1.29, 1.82) is 5.26 Å². The number of fused-ring (bicyclic) bond motifs is 1. The fraction of sp³-hybridized carbons (Fsp3) is 0. The van der Waals surface area contributed by atoms with Gasteiger partial charge in [-0.25, -0.2) is 4.98 Å². The monoisotopic (exact) mass is 367 g/mol. The van der Waals surface area contributed by atoms with Gasteiger partial charge >= 0.3 is 0 Å². The van der Waals surface area contributed by atoms with Crippen molar-refractivity contribution in [2.45, 2.75) is 0 Å². The van der Waals surface area contributed by atoms with Crippen LogP contribution in [-0.4, -0.2) is 15.1 Å². The van der Waals surface area contributed by atoms with Gasteiger partial charge in [0.1, 0.15) is 11.5 Å². The molecule has 0 aliphatic rings. The summed E-state index contributed by atoms with van der Waals surface area (Å²) in [6.07, 6.45) is 1.30. The van der Waals surface area contributed by atoms with Gasteiger partial charge in [-0.3, -0.25) is 4.79 Å². The summed E-state index contributed by atoms with van der Waals surface area (Å²) in [7, 11) is 0. The number of nitrogens with one attached hydrogen (secondary N) is 1. The average Bonchev–Trinajstić information content (AvgIpc) is 2.55. The number of aromatic nitrogens is 2. The van der Waals surface area contributed by atoms with Crippen molar-refractivity contribution in [2.75, 3.05) is 0 Å². The molecular weight excluding hydrogens is 358 g/mol. The lowest BCUT2D eigenvalue weighted by atomic mass is 10.1. The fourth-order valence-corrected chi connectivity index (χ4v) is 2.63. The van der Waals surface area contributed by atoms with E-state index in [9.17, 15) is 9.90 Å². The molecule has 2 aromatic carbocycles. The van der Waals surface area contributed by atoms with Gasteiger partial charge in [-0.2, -0.15) is 5.26 Å². The van der Waals surface area contributed by atoms with Gasteiger partial charge in [-0.15, -0.1) is 0 Å². The zero-order valence-electron chi connectivity index (χ0n) is 11.7. The van der Waals surface area contributed by atoms with Crippen molar-refractivity contribution in [2.24, 2.45) is 0 Å². The lowest BCUT2D eigenvalue weighted by Gasteiger charge is -2.04. The van der Waals surface area contributed by atoms with E-state index in [1.165, 1.54) is 6.08 Å². The lowest BCUT2D eigenvalue weighted by molar-refractivity contribution is 0.515.